The van der Waals surface area contributed by atoms with Crippen molar-refractivity contribution in [2.75, 3.05) is 12.9 Å². The largest absolute Gasteiger partial charge is 0.615 e. The van der Waals surface area contributed by atoms with E-state index in [-0.39, 0.29) is 20.2 Å². The molecule has 0 bridgehead atoms. The molecule has 158 valence electrons. The first-order chi connectivity index (χ1) is 14.3. The van der Waals surface area contributed by atoms with Crippen LogP contribution in [0.1, 0.15) is 24.2 Å². The van der Waals surface area contributed by atoms with Gasteiger partial charge in [-0.3, -0.25) is 0 Å². The Bertz CT molecular complexity index is 1020. The number of benzene rings is 2. The number of aromatic nitrogens is 1. The fourth-order valence-electron chi connectivity index (χ4n) is 3.31. The summed E-state index contributed by atoms with van der Waals surface area (Å²) in [7, 11) is -0.677. The molecule has 0 saturated heterocycles. The number of carbonyl (C=O) groups excluding carboxylic acids is 1. The van der Waals surface area contributed by atoms with Crippen LogP contribution < -0.4 is 11.0 Å². The second-order valence-electron chi connectivity index (χ2n) is 6.75. The van der Waals surface area contributed by atoms with Crippen LogP contribution in [-0.2, 0) is 20.3 Å². The van der Waals surface area contributed by atoms with E-state index in [2.05, 4.69) is 0 Å². The Morgan fingerprint density at radius 2 is 1.87 bits per heavy atom. The summed E-state index contributed by atoms with van der Waals surface area (Å²) in [5, 5.41) is 1.000. The number of rotatable bonds is 7. The van der Waals surface area contributed by atoms with Crippen LogP contribution in [0.25, 0.3) is 16.9 Å². The van der Waals surface area contributed by atoms with Crippen molar-refractivity contribution in [1.82, 2.24) is 4.57 Å². The number of ether oxygens (including phenoxy) is 1. The van der Waals surface area contributed by atoms with E-state index in [1.807, 2.05) is 41.8 Å². The highest BCUT2D eigenvalue weighted by molar-refractivity contribution is 8.45. The molecule has 0 spiro atoms. The predicted molar refractivity (Wildman–Crippen MR) is 121 cm³/mol. The van der Waals surface area contributed by atoms with Crippen LogP contribution in [0.3, 0.4) is 0 Å². The monoisotopic (exact) mass is 446 g/mol. The molecule has 8 heteroatoms. The van der Waals surface area contributed by atoms with E-state index in [1.165, 1.54) is 12.1 Å². The van der Waals surface area contributed by atoms with Crippen molar-refractivity contribution in [2.45, 2.75) is 19.9 Å². The molecule has 0 aliphatic heterocycles. The lowest BCUT2D eigenvalue weighted by Crippen LogP contribution is -2.24. The summed E-state index contributed by atoms with van der Waals surface area (Å²) in [6.45, 7) is 3.85. The molecule has 0 radical (unpaired) electrons. The highest BCUT2D eigenvalue weighted by atomic mass is 32.8. The zero-order chi connectivity index (χ0) is 21.8. The lowest BCUT2D eigenvalue weighted by Gasteiger charge is -2.14. The van der Waals surface area contributed by atoms with Gasteiger partial charge in [0.25, 0.3) is 0 Å². The Labute approximate surface area is 180 Å². The highest BCUT2D eigenvalue weighted by Gasteiger charge is 2.24. The fraction of sp³-hybridized carbons (Fsp3) is 0.227. The number of nitrogens with two attached hydrogens (primary N) is 1. The molecule has 30 heavy (non-hydrogen) atoms. The summed E-state index contributed by atoms with van der Waals surface area (Å²) >= 11 is 0. The molecule has 1 heterocycles. The quantitative estimate of drug-likeness (QED) is 0.341. The molecule has 3 aromatic rings. The Kier molecular flexibility index (Phi) is 7.32. The summed E-state index contributed by atoms with van der Waals surface area (Å²) in [4.78, 5) is 12.2. The average molecular weight is 446 g/mol. The molecule has 2 N–H and O–H groups in total. The first kappa shape index (κ1) is 22.5. The van der Waals surface area contributed by atoms with Gasteiger partial charge in [0.2, 0.25) is 0 Å². The van der Waals surface area contributed by atoms with Crippen molar-refractivity contribution >= 4 is 29.9 Å². The summed E-state index contributed by atoms with van der Waals surface area (Å²) in [6.07, 6.45) is 1.68. The van der Waals surface area contributed by atoms with E-state index in [9.17, 15) is 13.7 Å². The smallest absolute Gasteiger partial charge is 0.327 e. The van der Waals surface area contributed by atoms with Gasteiger partial charge in [0.05, 0.1) is 18.6 Å². The van der Waals surface area contributed by atoms with Gasteiger partial charge < -0.3 is 19.6 Å². The van der Waals surface area contributed by atoms with Crippen molar-refractivity contribution in [1.29, 1.82) is 0 Å². The second-order valence-corrected chi connectivity index (χ2v) is 10.8. The van der Waals surface area contributed by atoms with E-state index >= 15 is 0 Å². The van der Waals surface area contributed by atoms with E-state index in [1.54, 1.807) is 25.3 Å². The molecule has 3 atom stereocenters. The van der Waals surface area contributed by atoms with Crippen LogP contribution >= 0.6 is 7.78 Å². The number of carbonyl (C=O) groups is 1. The highest BCUT2D eigenvalue weighted by Crippen LogP contribution is 2.32. The van der Waals surface area contributed by atoms with E-state index in [0.717, 1.165) is 27.9 Å². The second kappa shape index (κ2) is 9.75. The third kappa shape index (κ3) is 4.93. The van der Waals surface area contributed by atoms with Crippen molar-refractivity contribution in [2.24, 2.45) is 5.73 Å². The zero-order valence-corrected chi connectivity index (χ0v) is 18.8. The summed E-state index contributed by atoms with van der Waals surface area (Å²) in [5.41, 5.74) is 10.1. The molecule has 3 unspecified atom stereocenters. The summed E-state index contributed by atoms with van der Waals surface area (Å²) in [6, 6.07) is 14.9. The molecule has 5 nitrogen and oxygen atoms in total. The third-order valence-electron chi connectivity index (χ3n) is 4.69. The van der Waals surface area contributed by atoms with Crippen molar-refractivity contribution < 1.29 is 18.5 Å². The van der Waals surface area contributed by atoms with Crippen molar-refractivity contribution in [3.63, 3.8) is 0 Å². The normalized spacial score (nSPS) is 13.5. The minimum absolute atomic E-state index is 0.221. The fourth-order valence-corrected chi connectivity index (χ4v) is 5.35. The number of halogens is 1. The summed E-state index contributed by atoms with van der Waals surface area (Å²) in [5.74, 6) is -0.822. The Morgan fingerprint density at radius 1 is 1.23 bits per heavy atom. The Hall–Kier alpha value is -2.18. The van der Waals surface area contributed by atoms with Crippen LogP contribution in [0.5, 0.6) is 0 Å². The molecule has 0 saturated carbocycles. The lowest BCUT2D eigenvalue weighted by atomic mass is 10.1. The minimum atomic E-state index is -0.923. The maximum atomic E-state index is 13.5. The average Bonchev–Trinajstić information content (AvgIpc) is 3.05. The van der Waals surface area contributed by atoms with Gasteiger partial charge in [-0.05, 0) is 72.7 Å². The SMILES string of the molecule is CCOC(=O)C(N)c1cc(-c2ccc(P[S+](C)[O-])cc2)n(-c2ccc(F)cc2)c1C. The molecule has 0 amide bonds. The van der Waals surface area contributed by atoms with Gasteiger partial charge >= 0.3 is 5.97 Å². The third-order valence-corrected chi connectivity index (χ3v) is 7.11. The molecule has 1 aromatic heterocycles. The molecule has 0 aliphatic carbocycles. The molecular weight excluding hydrogens is 422 g/mol. The Morgan fingerprint density at radius 3 is 2.43 bits per heavy atom. The number of hydrogen-bond donors (Lipinski definition) is 1. The number of esters is 1. The zero-order valence-electron chi connectivity index (χ0n) is 17.0. The van der Waals surface area contributed by atoms with Gasteiger partial charge in [-0.15, -0.1) is 0 Å². The van der Waals surface area contributed by atoms with Crippen LogP contribution in [0, 0.1) is 12.7 Å². The first-order valence-corrected chi connectivity index (χ1v) is 12.7. The van der Waals surface area contributed by atoms with Crippen LogP contribution in [-0.4, -0.2) is 28.0 Å². The van der Waals surface area contributed by atoms with E-state index < -0.39 is 22.8 Å². The topological polar surface area (TPSA) is 80.3 Å². The Balaban J connectivity index is 2.11. The van der Waals surface area contributed by atoms with Crippen LogP contribution in [0.2, 0.25) is 0 Å². The van der Waals surface area contributed by atoms with E-state index in [4.69, 9.17) is 10.5 Å². The summed E-state index contributed by atoms with van der Waals surface area (Å²) < 4.78 is 32.0. The molecular formula is C22H24FN2O3PS. The van der Waals surface area contributed by atoms with Crippen molar-refractivity contribution in [3.8, 4) is 16.9 Å². The maximum Gasteiger partial charge on any atom is 0.327 e. The van der Waals surface area contributed by atoms with Crippen LogP contribution in [0.15, 0.2) is 54.6 Å². The molecule has 0 fully saturated rings. The van der Waals surface area contributed by atoms with Gasteiger partial charge in [-0.2, -0.15) is 0 Å². The van der Waals surface area contributed by atoms with Gasteiger partial charge in [0, 0.05) is 22.2 Å². The molecule has 2 aromatic carbocycles. The van der Waals surface area contributed by atoms with E-state index in [0.29, 0.717) is 5.56 Å². The van der Waals surface area contributed by atoms with Gasteiger partial charge in [-0.25, -0.2) is 9.18 Å². The minimum Gasteiger partial charge on any atom is -0.615 e. The molecule has 3 rings (SSSR count). The lowest BCUT2D eigenvalue weighted by molar-refractivity contribution is -0.144. The maximum absolute atomic E-state index is 13.5. The predicted octanol–water partition coefficient (Wildman–Crippen LogP) is 3.75. The van der Waals surface area contributed by atoms with Gasteiger partial charge in [0.1, 0.15) is 19.6 Å². The standard InChI is InChI=1S/C22H24FN2O3PS/c1-4-28-22(26)21(24)19-13-20(15-5-11-18(12-6-15)29-30(3)27)25(14(19)2)17-9-7-16(23)8-10-17/h5-13,21,29H,4,24H2,1-3H3. The van der Waals surface area contributed by atoms with Crippen LogP contribution in [0.4, 0.5) is 4.39 Å². The number of hydrogen-bond acceptors (Lipinski definition) is 4. The van der Waals surface area contributed by atoms with Crippen molar-refractivity contribution in [3.05, 3.63) is 71.7 Å². The number of nitrogens with zero attached hydrogens (tertiary/aromatic N) is 1. The first-order valence-electron chi connectivity index (χ1n) is 9.42. The van der Waals surface area contributed by atoms with Gasteiger partial charge in [-0.1, -0.05) is 12.1 Å². The van der Waals surface area contributed by atoms with Gasteiger partial charge in [0.15, 0.2) is 0 Å². The molecule has 0 aliphatic rings.